The highest BCUT2D eigenvalue weighted by Gasteiger charge is 2.36. The summed E-state index contributed by atoms with van der Waals surface area (Å²) < 4.78 is 13.5. The van der Waals surface area contributed by atoms with Gasteiger partial charge in [0.15, 0.2) is 23.0 Å². The molecule has 0 spiro atoms. The third-order valence-electron chi connectivity index (χ3n) is 5.92. The minimum atomic E-state index is -0.327. The molecule has 2 aliphatic rings. The van der Waals surface area contributed by atoms with Crippen LogP contribution in [0.2, 0.25) is 0 Å². The molecule has 11 nitrogen and oxygen atoms in total. The fourth-order valence-electron chi connectivity index (χ4n) is 3.96. The van der Waals surface area contributed by atoms with Gasteiger partial charge >= 0.3 is 0 Å². The van der Waals surface area contributed by atoms with Crippen LogP contribution >= 0.6 is 0 Å². The Kier molecular flexibility index (Phi) is 5.87. The van der Waals surface area contributed by atoms with Crippen LogP contribution in [0.5, 0.6) is 5.75 Å². The highest BCUT2D eigenvalue weighted by atomic mass is 16.5. The van der Waals surface area contributed by atoms with E-state index in [-0.39, 0.29) is 11.6 Å². The van der Waals surface area contributed by atoms with Gasteiger partial charge in [-0.25, -0.2) is 24.6 Å². The minimum Gasteiger partial charge on any atom is -0.485 e. The van der Waals surface area contributed by atoms with Gasteiger partial charge in [-0.2, -0.15) is 5.10 Å². The lowest BCUT2D eigenvalue weighted by molar-refractivity contribution is 0.141. The molecule has 0 atom stereocenters. The molecule has 0 radical (unpaired) electrons. The molecule has 0 aromatic carbocycles. The Hall–Kier alpha value is -3.60. The third kappa shape index (κ3) is 4.20. The van der Waals surface area contributed by atoms with Crippen molar-refractivity contribution in [1.29, 1.82) is 0 Å². The van der Waals surface area contributed by atoms with E-state index in [4.69, 9.17) is 20.1 Å². The van der Waals surface area contributed by atoms with E-state index in [0.29, 0.717) is 45.7 Å². The number of aromatic nitrogens is 7. The summed E-state index contributed by atoms with van der Waals surface area (Å²) in [5.74, 6) is 2.56. The molecule has 6 rings (SSSR count). The van der Waals surface area contributed by atoms with E-state index in [9.17, 15) is 0 Å². The SMILES string of the molecule is CC.CC(C)(C)n1nc(-c2noc(C3CC3)c2-c2ncc(OC3CNC3)cn2)c2c(N)ncnc21. The molecule has 0 unspecified atom stereocenters. The van der Waals surface area contributed by atoms with Crippen LogP contribution < -0.4 is 15.8 Å². The summed E-state index contributed by atoms with van der Waals surface area (Å²) in [4.78, 5) is 17.9. The Morgan fingerprint density at radius 1 is 1.06 bits per heavy atom. The first kappa shape index (κ1) is 23.2. The second-order valence-corrected chi connectivity index (χ2v) is 9.57. The number of nitrogens with zero attached hydrogens (tertiary/aromatic N) is 7. The van der Waals surface area contributed by atoms with Gasteiger partial charge in [-0.15, -0.1) is 0 Å². The number of hydrogen-bond donors (Lipinski definition) is 2. The largest absolute Gasteiger partial charge is 0.485 e. The lowest BCUT2D eigenvalue weighted by Gasteiger charge is -2.27. The quantitative estimate of drug-likeness (QED) is 0.438. The van der Waals surface area contributed by atoms with Crippen LogP contribution in [0.1, 0.15) is 59.1 Å². The van der Waals surface area contributed by atoms with Crippen molar-refractivity contribution >= 4 is 16.9 Å². The van der Waals surface area contributed by atoms with E-state index in [2.05, 4.69) is 51.2 Å². The maximum Gasteiger partial charge on any atom is 0.165 e. The number of hydrogen-bond acceptors (Lipinski definition) is 10. The first-order valence-electron chi connectivity index (χ1n) is 12.1. The number of nitrogens with one attached hydrogen (secondary N) is 1. The number of ether oxygens (including phenoxy) is 1. The average molecular weight is 478 g/mol. The van der Waals surface area contributed by atoms with E-state index in [0.717, 1.165) is 37.3 Å². The Labute approximate surface area is 203 Å². The highest BCUT2D eigenvalue weighted by Crippen LogP contribution is 2.48. The summed E-state index contributed by atoms with van der Waals surface area (Å²) in [7, 11) is 0. The maximum absolute atomic E-state index is 6.29. The zero-order chi connectivity index (χ0) is 24.7. The van der Waals surface area contributed by atoms with Gasteiger partial charge in [0, 0.05) is 19.0 Å². The number of nitrogen functional groups attached to an aromatic ring is 1. The molecule has 5 heterocycles. The van der Waals surface area contributed by atoms with Gasteiger partial charge in [0.1, 0.15) is 29.6 Å². The predicted octanol–water partition coefficient (Wildman–Crippen LogP) is 3.53. The molecule has 1 saturated heterocycles. The molecule has 0 bridgehead atoms. The molecule has 0 amide bonds. The summed E-state index contributed by atoms with van der Waals surface area (Å²) >= 11 is 0. The number of anilines is 1. The van der Waals surface area contributed by atoms with E-state index in [1.807, 2.05) is 18.5 Å². The summed E-state index contributed by atoms with van der Waals surface area (Å²) in [6.07, 6.45) is 7.07. The van der Waals surface area contributed by atoms with Crippen molar-refractivity contribution in [2.75, 3.05) is 18.8 Å². The van der Waals surface area contributed by atoms with Crippen molar-refractivity contribution in [3.63, 3.8) is 0 Å². The molecule has 1 aliphatic carbocycles. The Morgan fingerprint density at radius 2 is 1.77 bits per heavy atom. The molecule has 4 aromatic heterocycles. The number of rotatable bonds is 5. The van der Waals surface area contributed by atoms with E-state index in [1.54, 1.807) is 12.4 Å². The Balaban J connectivity index is 0.00000124. The Bertz CT molecular complexity index is 1330. The van der Waals surface area contributed by atoms with Crippen molar-refractivity contribution in [1.82, 2.24) is 40.2 Å². The van der Waals surface area contributed by atoms with Crippen molar-refractivity contribution < 1.29 is 9.26 Å². The maximum atomic E-state index is 6.29. The second kappa shape index (κ2) is 8.88. The molecule has 3 N–H and O–H groups in total. The third-order valence-corrected chi connectivity index (χ3v) is 5.92. The monoisotopic (exact) mass is 477 g/mol. The van der Waals surface area contributed by atoms with Crippen LogP contribution in [0, 0.1) is 0 Å². The standard InChI is InChI=1S/C22H25N9O2.C2H6/c1-22(2,3)31-21-15(19(23)27-10-28-21)16(29-31)17-14(18(33-30-17)11-4-5-11)20-25-8-13(9-26-20)32-12-6-24-7-12;1-2/h8-12,24H,4-7H2,1-3H3,(H2,23,27,28);1-2H3. The van der Waals surface area contributed by atoms with Crippen LogP contribution in [0.3, 0.4) is 0 Å². The second-order valence-electron chi connectivity index (χ2n) is 9.57. The number of fused-ring (bicyclic) bond motifs is 1. The summed E-state index contributed by atoms with van der Waals surface area (Å²) in [6.45, 7) is 11.8. The zero-order valence-corrected chi connectivity index (χ0v) is 20.7. The van der Waals surface area contributed by atoms with Crippen LogP contribution in [0.25, 0.3) is 33.8 Å². The predicted molar refractivity (Wildman–Crippen MR) is 132 cm³/mol. The van der Waals surface area contributed by atoms with Gasteiger partial charge in [0.2, 0.25) is 0 Å². The highest BCUT2D eigenvalue weighted by molar-refractivity contribution is 6.00. The van der Waals surface area contributed by atoms with Crippen molar-refractivity contribution in [2.45, 2.75) is 65.0 Å². The van der Waals surface area contributed by atoms with E-state index >= 15 is 0 Å². The van der Waals surface area contributed by atoms with Crippen molar-refractivity contribution in [2.24, 2.45) is 0 Å². The fourth-order valence-corrected chi connectivity index (χ4v) is 3.96. The Morgan fingerprint density at radius 3 is 2.37 bits per heavy atom. The molecular weight excluding hydrogens is 446 g/mol. The molecule has 2 fully saturated rings. The first-order chi connectivity index (χ1) is 16.9. The molecule has 1 aliphatic heterocycles. The van der Waals surface area contributed by atoms with Crippen LogP contribution in [-0.4, -0.2) is 54.1 Å². The summed E-state index contributed by atoms with van der Waals surface area (Å²) in [5, 5.41) is 13.1. The first-order valence-corrected chi connectivity index (χ1v) is 12.1. The van der Waals surface area contributed by atoms with E-state index < -0.39 is 0 Å². The summed E-state index contributed by atoms with van der Waals surface area (Å²) in [6, 6.07) is 0. The van der Waals surface area contributed by atoms with Gasteiger partial charge in [0.05, 0.1) is 28.9 Å². The smallest absolute Gasteiger partial charge is 0.165 e. The fraction of sp³-hybridized carbons (Fsp3) is 0.500. The van der Waals surface area contributed by atoms with Gasteiger partial charge in [-0.05, 0) is 33.6 Å². The van der Waals surface area contributed by atoms with Crippen LogP contribution in [-0.2, 0) is 5.54 Å². The normalized spacial score (nSPS) is 16.0. The molecule has 184 valence electrons. The van der Waals surface area contributed by atoms with Gasteiger partial charge in [-0.1, -0.05) is 19.0 Å². The zero-order valence-electron chi connectivity index (χ0n) is 20.7. The van der Waals surface area contributed by atoms with E-state index in [1.165, 1.54) is 6.33 Å². The van der Waals surface area contributed by atoms with Crippen molar-refractivity contribution in [3.05, 3.63) is 24.5 Å². The van der Waals surface area contributed by atoms with Crippen LogP contribution in [0.15, 0.2) is 23.2 Å². The van der Waals surface area contributed by atoms with Gasteiger partial charge in [-0.3, -0.25) is 0 Å². The molecule has 35 heavy (non-hydrogen) atoms. The minimum absolute atomic E-state index is 0.156. The van der Waals surface area contributed by atoms with Gasteiger partial charge < -0.3 is 20.3 Å². The van der Waals surface area contributed by atoms with Crippen molar-refractivity contribution in [3.8, 4) is 28.5 Å². The molecule has 11 heteroatoms. The number of nitrogens with two attached hydrogens (primary N) is 1. The topological polar surface area (TPSA) is 143 Å². The lowest BCUT2D eigenvalue weighted by Crippen LogP contribution is -2.50. The molecule has 1 saturated carbocycles. The molecular formula is C24H31N9O2. The molecule has 4 aromatic rings. The van der Waals surface area contributed by atoms with Gasteiger partial charge in [0.25, 0.3) is 0 Å². The van der Waals surface area contributed by atoms with Crippen LogP contribution in [0.4, 0.5) is 5.82 Å². The average Bonchev–Trinajstić information content (AvgIpc) is 3.43. The summed E-state index contributed by atoms with van der Waals surface area (Å²) in [5.41, 5.74) is 8.45. The lowest BCUT2D eigenvalue weighted by atomic mass is 10.1.